The Morgan fingerprint density at radius 3 is 2.52 bits per heavy atom. The molecule has 0 aliphatic heterocycles. The average Bonchev–Trinajstić information content (AvgIpc) is 2.42. The first-order valence-electron chi connectivity index (χ1n) is 6.42. The largest absolute Gasteiger partial charge is 0.493 e. The molecule has 2 N–H and O–H groups in total. The van der Waals surface area contributed by atoms with E-state index in [9.17, 15) is 0 Å². The van der Waals surface area contributed by atoms with Crippen molar-refractivity contribution in [2.45, 2.75) is 18.5 Å². The fraction of sp³-hybridized carbons (Fsp3) is 0.286. The van der Waals surface area contributed by atoms with Gasteiger partial charge in [0.05, 0.1) is 6.61 Å². The third-order valence-corrected chi connectivity index (χ3v) is 3.81. The Morgan fingerprint density at radius 1 is 1.14 bits per heavy atom. The number of ether oxygens (including phenoxy) is 1. The van der Waals surface area contributed by atoms with Crippen LogP contribution in [0.1, 0.15) is 12.6 Å². The number of hydrogen-bond acceptors (Lipinski definition) is 5. The van der Waals surface area contributed by atoms with Crippen molar-refractivity contribution in [1.82, 2.24) is 9.97 Å². The molecule has 2 aromatic rings. The number of rotatable bonds is 6. The third kappa shape index (κ3) is 5.26. The summed E-state index contributed by atoms with van der Waals surface area (Å²) in [6.07, 6.45) is 0.831. The molecule has 2 rings (SSSR count). The molecule has 7 heteroatoms. The molecule has 0 amide bonds. The Kier molecular flexibility index (Phi) is 5.96. The Bertz CT molecular complexity index is 605. The summed E-state index contributed by atoms with van der Waals surface area (Å²) in [6, 6.07) is 6.90. The molecular weight excluding hydrogens is 329 g/mol. The van der Waals surface area contributed by atoms with Gasteiger partial charge in [0.1, 0.15) is 11.6 Å². The molecule has 0 bridgehead atoms. The highest BCUT2D eigenvalue weighted by Crippen LogP contribution is 2.24. The topological polar surface area (TPSA) is 61.0 Å². The summed E-state index contributed by atoms with van der Waals surface area (Å²) in [5.41, 5.74) is 6.68. The predicted molar refractivity (Wildman–Crippen MR) is 88.5 cm³/mol. The zero-order valence-corrected chi connectivity index (χ0v) is 13.8. The second-order valence-electron chi connectivity index (χ2n) is 4.22. The maximum absolute atomic E-state index is 5.91. The van der Waals surface area contributed by atoms with Gasteiger partial charge in [-0.2, -0.15) is 0 Å². The second-order valence-corrected chi connectivity index (χ2v) is 6.16. The highest BCUT2D eigenvalue weighted by Gasteiger charge is 2.03. The predicted octanol–water partition coefficient (Wildman–Crippen LogP) is 4.10. The van der Waals surface area contributed by atoms with Crippen LogP contribution in [0.4, 0.5) is 5.82 Å². The van der Waals surface area contributed by atoms with Gasteiger partial charge in [-0.3, -0.25) is 0 Å². The number of halogens is 2. The summed E-state index contributed by atoms with van der Waals surface area (Å²) in [4.78, 5) is 8.59. The molecule has 1 heterocycles. The molecule has 4 nitrogen and oxygen atoms in total. The molecule has 0 saturated heterocycles. The van der Waals surface area contributed by atoms with Gasteiger partial charge in [0, 0.05) is 27.6 Å². The lowest BCUT2D eigenvalue weighted by Crippen LogP contribution is -2.03. The van der Waals surface area contributed by atoms with Crippen LogP contribution in [0, 0.1) is 0 Å². The SMILES string of the molecule is CCc1cc(N)nc(SCCOc2cc(Cl)cc(Cl)c2)n1. The number of nitrogen functional groups attached to an aromatic ring is 1. The summed E-state index contributed by atoms with van der Waals surface area (Å²) in [6.45, 7) is 2.53. The van der Waals surface area contributed by atoms with Crippen molar-refractivity contribution in [3.8, 4) is 5.75 Å². The summed E-state index contributed by atoms with van der Waals surface area (Å²) in [7, 11) is 0. The molecule has 0 saturated carbocycles. The lowest BCUT2D eigenvalue weighted by Gasteiger charge is -2.07. The van der Waals surface area contributed by atoms with Crippen molar-refractivity contribution >= 4 is 40.8 Å². The average molecular weight is 344 g/mol. The summed E-state index contributed by atoms with van der Waals surface area (Å²) >= 11 is 13.3. The van der Waals surface area contributed by atoms with Crippen LogP contribution in [0.15, 0.2) is 29.4 Å². The normalized spacial score (nSPS) is 10.6. The minimum absolute atomic E-state index is 0.492. The molecule has 0 fully saturated rings. The van der Waals surface area contributed by atoms with Crippen LogP contribution in [0.25, 0.3) is 0 Å². The third-order valence-electron chi connectivity index (χ3n) is 2.56. The standard InChI is InChI=1S/C14H15Cl2N3OS/c1-2-11-8-13(17)19-14(18-11)21-4-3-20-12-6-9(15)5-10(16)7-12/h5-8H,2-4H2,1H3,(H2,17,18,19). The first kappa shape index (κ1) is 16.2. The molecule has 0 spiro atoms. The molecule has 0 aliphatic carbocycles. The van der Waals surface area contributed by atoms with Gasteiger partial charge in [0.2, 0.25) is 0 Å². The zero-order chi connectivity index (χ0) is 15.2. The van der Waals surface area contributed by atoms with Crippen LogP contribution >= 0.6 is 35.0 Å². The van der Waals surface area contributed by atoms with E-state index in [-0.39, 0.29) is 0 Å². The van der Waals surface area contributed by atoms with Crippen molar-refractivity contribution in [1.29, 1.82) is 0 Å². The van der Waals surface area contributed by atoms with Gasteiger partial charge in [0.15, 0.2) is 5.16 Å². The van der Waals surface area contributed by atoms with Crippen molar-refractivity contribution in [3.63, 3.8) is 0 Å². The number of thioether (sulfide) groups is 1. The zero-order valence-electron chi connectivity index (χ0n) is 11.5. The minimum atomic E-state index is 0.492. The summed E-state index contributed by atoms with van der Waals surface area (Å²) in [5.74, 6) is 1.85. The maximum Gasteiger partial charge on any atom is 0.189 e. The molecule has 0 aliphatic rings. The highest BCUT2D eigenvalue weighted by molar-refractivity contribution is 7.99. The van der Waals surface area contributed by atoms with Crippen LogP contribution < -0.4 is 10.5 Å². The quantitative estimate of drug-likeness (QED) is 0.486. The van der Waals surface area contributed by atoms with Gasteiger partial charge >= 0.3 is 0 Å². The number of benzene rings is 1. The molecule has 0 unspecified atom stereocenters. The van der Waals surface area contributed by atoms with E-state index in [0.717, 1.165) is 12.1 Å². The molecule has 0 radical (unpaired) electrons. The van der Waals surface area contributed by atoms with Crippen molar-refractivity contribution in [2.75, 3.05) is 18.1 Å². The Hall–Kier alpha value is -1.17. The van der Waals surface area contributed by atoms with Gasteiger partial charge < -0.3 is 10.5 Å². The van der Waals surface area contributed by atoms with E-state index in [4.69, 9.17) is 33.7 Å². The van der Waals surface area contributed by atoms with E-state index < -0.39 is 0 Å². The molecule has 0 atom stereocenters. The molecule has 21 heavy (non-hydrogen) atoms. The smallest absolute Gasteiger partial charge is 0.189 e. The van der Waals surface area contributed by atoms with E-state index in [1.165, 1.54) is 11.8 Å². The Balaban J connectivity index is 1.85. The van der Waals surface area contributed by atoms with E-state index in [2.05, 4.69) is 9.97 Å². The lowest BCUT2D eigenvalue weighted by molar-refractivity contribution is 0.344. The number of nitrogens with two attached hydrogens (primary N) is 1. The number of aryl methyl sites for hydroxylation is 1. The lowest BCUT2D eigenvalue weighted by atomic mass is 10.3. The number of anilines is 1. The Morgan fingerprint density at radius 2 is 1.86 bits per heavy atom. The molecule has 112 valence electrons. The van der Waals surface area contributed by atoms with Crippen molar-refractivity contribution < 1.29 is 4.74 Å². The van der Waals surface area contributed by atoms with E-state index in [1.807, 2.05) is 6.92 Å². The molecule has 1 aromatic heterocycles. The van der Waals surface area contributed by atoms with Crippen molar-refractivity contribution in [2.24, 2.45) is 0 Å². The number of hydrogen-bond donors (Lipinski definition) is 1. The van der Waals surface area contributed by atoms with Crippen LogP contribution in [-0.2, 0) is 6.42 Å². The first-order chi connectivity index (χ1) is 10.1. The van der Waals surface area contributed by atoms with Gasteiger partial charge in [0.25, 0.3) is 0 Å². The highest BCUT2D eigenvalue weighted by atomic mass is 35.5. The second kappa shape index (κ2) is 7.73. The van der Waals surface area contributed by atoms with Crippen LogP contribution in [0.5, 0.6) is 5.75 Å². The molecular formula is C14H15Cl2N3OS. The van der Waals surface area contributed by atoms with Gasteiger partial charge in [-0.05, 0) is 24.6 Å². The number of nitrogens with zero attached hydrogens (tertiary/aromatic N) is 2. The van der Waals surface area contributed by atoms with Crippen LogP contribution in [-0.4, -0.2) is 22.3 Å². The van der Waals surface area contributed by atoms with Gasteiger partial charge in [-0.15, -0.1) is 0 Å². The fourth-order valence-electron chi connectivity index (χ4n) is 1.64. The molecule has 1 aromatic carbocycles. The maximum atomic E-state index is 5.91. The van der Waals surface area contributed by atoms with Gasteiger partial charge in [-0.25, -0.2) is 9.97 Å². The summed E-state index contributed by atoms with van der Waals surface area (Å²) in [5, 5.41) is 1.77. The van der Waals surface area contributed by atoms with E-state index in [1.54, 1.807) is 24.3 Å². The fourth-order valence-corrected chi connectivity index (χ4v) is 2.85. The van der Waals surface area contributed by atoms with Gasteiger partial charge in [-0.1, -0.05) is 41.9 Å². The number of aromatic nitrogens is 2. The van der Waals surface area contributed by atoms with Crippen LogP contribution in [0.3, 0.4) is 0 Å². The van der Waals surface area contributed by atoms with E-state index >= 15 is 0 Å². The minimum Gasteiger partial charge on any atom is -0.493 e. The summed E-state index contributed by atoms with van der Waals surface area (Å²) < 4.78 is 5.60. The monoisotopic (exact) mass is 343 g/mol. The van der Waals surface area contributed by atoms with Crippen LogP contribution in [0.2, 0.25) is 10.0 Å². The van der Waals surface area contributed by atoms with Crippen molar-refractivity contribution in [3.05, 3.63) is 40.0 Å². The first-order valence-corrected chi connectivity index (χ1v) is 8.16. The van der Waals surface area contributed by atoms with E-state index in [0.29, 0.717) is 39.1 Å². The Labute approximate surface area is 138 Å².